The zero-order valence-corrected chi connectivity index (χ0v) is 8.56. The molecular formula is C4HCl5O2. The number of ether oxygens (including phenoxy) is 2. The summed E-state index contributed by atoms with van der Waals surface area (Å²) < 4.78 is 5.54. The van der Waals surface area contributed by atoms with Crippen molar-refractivity contribution in [3.05, 3.63) is 11.5 Å². The van der Waals surface area contributed by atoms with Gasteiger partial charge in [0, 0.05) is 0 Å². The normalized spacial score (nSPS) is 26.5. The fourth-order valence-electron chi connectivity index (χ4n) is 0.395. The van der Waals surface area contributed by atoms with Crippen LogP contribution >= 0.6 is 58.0 Å². The topological polar surface area (TPSA) is 18.5 Å². The van der Waals surface area contributed by atoms with Gasteiger partial charge in [0.15, 0.2) is 0 Å². The number of alkyl halides is 4. The van der Waals surface area contributed by atoms with E-state index in [1.165, 1.54) is 0 Å². The second kappa shape index (κ2) is 2.93. The predicted octanol–water partition coefficient (Wildman–Crippen LogP) is 3.33. The molecule has 0 aromatic rings. The van der Waals surface area contributed by atoms with E-state index < -0.39 is 9.04 Å². The van der Waals surface area contributed by atoms with Crippen LogP contribution in [0.2, 0.25) is 0 Å². The molecule has 11 heavy (non-hydrogen) atoms. The van der Waals surface area contributed by atoms with Crippen molar-refractivity contribution in [2.75, 3.05) is 0 Å². The summed E-state index contributed by atoms with van der Waals surface area (Å²) in [6.07, 6.45) is 1.00. The third kappa shape index (κ3) is 1.93. The molecule has 0 aliphatic carbocycles. The van der Waals surface area contributed by atoms with E-state index in [4.69, 9.17) is 58.0 Å². The summed E-state index contributed by atoms with van der Waals surface area (Å²) in [6, 6.07) is 0. The highest BCUT2D eigenvalue weighted by Crippen LogP contribution is 2.48. The first-order valence-electron chi connectivity index (χ1n) is 2.33. The van der Waals surface area contributed by atoms with Crippen molar-refractivity contribution >= 4 is 58.0 Å². The molecule has 64 valence electrons. The van der Waals surface area contributed by atoms with Crippen LogP contribution in [0.5, 0.6) is 0 Å². The molecule has 0 aromatic carbocycles. The molecule has 0 N–H and O–H groups in total. The standard InChI is InChI=1S/C4HCl5O2/c5-2-1-10-3(6,7)4(8,9)11-2/h1H. The van der Waals surface area contributed by atoms with Gasteiger partial charge in [-0.05, 0) is 11.6 Å². The average molecular weight is 258 g/mol. The first-order chi connectivity index (χ1) is 4.85. The number of halogens is 5. The summed E-state index contributed by atoms with van der Waals surface area (Å²) in [5.74, 6) is 0. The van der Waals surface area contributed by atoms with Crippen LogP contribution in [0, 0.1) is 0 Å². The zero-order chi connectivity index (χ0) is 8.70. The molecule has 0 saturated heterocycles. The molecule has 0 unspecified atom stereocenters. The van der Waals surface area contributed by atoms with E-state index in [0.717, 1.165) is 6.26 Å². The van der Waals surface area contributed by atoms with E-state index in [1.807, 2.05) is 0 Å². The molecule has 0 radical (unpaired) electrons. The summed E-state index contributed by atoms with van der Waals surface area (Å²) in [5, 5.41) is -0.119. The van der Waals surface area contributed by atoms with Crippen LogP contribution in [0.3, 0.4) is 0 Å². The number of hydrogen-bond acceptors (Lipinski definition) is 2. The SMILES string of the molecule is ClC1=COC(Cl)(Cl)C(Cl)(Cl)O1. The summed E-state index contributed by atoms with van der Waals surface area (Å²) in [6.45, 7) is 0. The third-order valence-corrected chi connectivity index (χ3v) is 2.81. The maximum Gasteiger partial charge on any atom is 0.329 e. The molecule has 2 nitrogen and oxygen atoms in total. The quantitative estimate of drug-likeness (QED) is 0.620. The number of hydrogen-bond donors (Lipinski definition) is 0. The summed E-state index contributed by atoms with van der Waals surface area (Å²) in [7, 11) is 0. The lowest BCUT2D eigenvalue weighted by atomic mass is 10.7. The molecule has 1 aliphatic heterocycles. The van der Waals surface area contributed by atoms with Crippen LogP contribution in [0.4, 0.5) is 0 Å². The fraction of sp³-hybridized carbons (Fsp3) is 0.500. The minimum absolute atomic E-state index is 0.119. The van der Waals surface area contributed by atoms with Crippen molar-refractivity contribution in [1.29, 1.82) is 0 Å². The Balaban J connectivity index is 2.89. The smallest absolute Gasteiger partial charge is 0.329 e. The molecule has 0 amide bonds. The summed E-state index contributed by atoms with van der Waals surface area (Å²) in [4.78, 5) is 0. The van der Waals surface area contributed by atoms with Crippen LogP contribution in [0.25, 0.3) is 0 Å². The Kier molecular flexibility index (Phi) is 2.63. The van der Waals surface area contributed by atoms with Gasteiger partial charge in [0.1, 0.15) is 6.26 Å². The van der Waals surface area contributed by atoms with Crippen molar-refractivity contribution in [3.63, 3.8) is 0 Å². The Morgan fingerprint density at radius 3 is 2.00 bits per heavy atom. The van der Waals surface area contributed by atoms with E-state index >= 15 is 0 Å². The van der Waals surface area contributed by atoms with Crippen LogP contribution in [0.15, 0.2) is 11.5 Å². The second-order valence-electron chi connectivity index (χ2n) is 1.68. The van der Waals surface area contributed by atoms with Crippen LogP contribution in [0.1, 0.15) is 0 Å². The fourth-order valence-corrected chi connectivity index (χ4v) is 1.06. The lowest BCUT2D eigenvalue weighted by Gasteiger charge is -2.34. The Morgan fingerprint density at radius 2 is 1.64 bits per heavy atom. The Morgan fingerprint density at radius 1 is 1.09 bits per heavy atom. The second-order valence-corrected chi connectivity index (χ2v) is 4.56. The molecule has 1 aliphatic rings. The van der Waals surface area contributed by atoms with Gasteiger partial charge in [0.2, 0.25) is 5.22 Å². The first kappa shape index (κ1) is 9.87. The van der Waals surface area contributed by atoms with Gasteiger partial charge in [0.05, 0.1) is 0 Å². The molecule has 0 aromatic heterocycles. The lowest BCUT2D eigenvalue weighted by Crippen LogP contribution is -2.42. The molecule has 7 heteroatoms. The van der Waals surface area contributed by atoms with Crippen molar-refractivity contribution < 1.29 is 9.47 Å². The molecule has 0 atom stereocenters. The monoisotopic (exact) mass is 256 g/mol. The molecular weight excluding hydrogens is 257 g/mol. The third-order valence-electron chi connectivity index (χ3n) is 0.864. The van der Waals surface area contributed by atoms with Gasteiger partial charge < -0.3 is 9.47 Å². The van der Waals surface area contributed by atoms with Crippen LogP contribution < -0.4 is 0 Å². The molecule has 1 rings (SSSR count). The molecule has 0 spiro atoms. The lowest BCUT2D eigenvalue weighted by molar-refractivity contribution is -0.000710. The Labute approximate surface area is 87.9 Å². The first-order valence-corrected chi connectivity index (χ1v) is 4.22. The van der Waals surface area contributed by atoms with Crippen molar-refractivity contribution in [2.45, 2.75) is 9.04 Å². The van der Waals surface area contributed by atoms with E-state index in [-0.39, 0.29) is 5.22 Å². The minimum atomic E-state index is -1.90. The molecule has 1 heterocycles. The van der Waals surface area contributed by atoms with Gasteiger partial charge in [0.25, 0.3) is 0 Å². The maximum absolute atomic E-state index is 5.49. The summed E-state index contributed by atoms with van der Waals surface area (Å²) >= 11 is 27.3. The van der Waals surface area contributed by atoms with Gasteiger partial charge in [-0.15, -0.1) is 0 Å². The highest BCUT2D eigenvalue weighted by Gasteiger charge is 2.54. The average Bonchev–Trinajstić information content (AvgIpc) is 1.80. The maximum atomic E-state index is 5.49. The van der Waals surface area contributed by atoms with Gasteiger partial charge >= 0.3 is 9.04 Å². The Hall–Kier alpha value is 0.790. The van der Waals surface area contributed by atoms with Gasteiger partial charge in [-0.1, -0.05) is 46.4 Å². The molecule has 0 fully saturated rings. The minimum Gasteiger partial charge on any atom is -0.455 e. The van der Waals surface area contributed by atoms with Gasteiger partial charge in [-0.3, -0.25) is 0 Å². The largest absolute Gasteiger partial charge is 0.455 e. The van der Waals surface area contributed by atoms with Gasteiger partial charge in [-0.25, -0.2) is 0 Å². The van der Waals surface area contributed by atoms with E-state index in [0.29, 0.717) is 0 Å². The zero-order valence-electron chi connectivity index (χ0n) is 4.78. The van der Waals surface area contributed by atoms with Crippen molar-refractivity contribution in [2.24, 2.45) is 0 Å². The van der Waals surface area contributed by atoms with Gasteiger partial charge in [-0.2, -0.15) is 0 Å². The molecule has 0 saturated carbocycles. The predicted molar refractivity (Wildman–Crippen MR) is 45.0 cm³/mol. The van der Waals surface area contributed by atoms with E-state index in [9.17, 15) is 0 Å². The van der Waals surface area contributed by atoms with E-state index in [1.54, 1.807) is 0 Å². The summed E-state index contributed by atoms with van der Waals surface area (Å²) in [5.41, 5.74) is 0. The van der Waals surface area contributed by atoms with Crippen molar-refractivity contribution in [3.8, 4) is 0 Å². The van der Waals surface area contributed by atoms with E-state index in [2.05, 4.69) is 9.47 Å². The number of rotatable bonds is 0. The Bertz CT molecular complexity index is 199. The highest BCUT2D eigenvalue weighted by molar-refractivity contribution is 6.61. The molecule has 0 bridgehead atoms. The van der Waals surface area contributed by atoms with Crippen LogP contribution in [-0.2, 0) is 9.47 Å². The van der Waals surface area contributed by atoms with Crippen molar-refractivity contribution in [1.82, 2.24) is 0 Å². The van der Waals surface area contributed by atoms with Crippen LogP contribution in [-0.4, -0.2) is 9.04 Å². The highest BCUT2D eigenvalue weighted by atomic mass is 35.5.